The van der Waals surface area contributed by atoms with Crippen molar-refractivity contribution in [1.29, 1.82) is 0 Å². The van der Waals surface area contributed by atoms with Gasteiger partial charge in [-0.05, 0) is 78.4 Å². The van der Waals surface area contributed by atoms with E-state index in [0.29, 0.717) is 5.92 Å². The van der Waals surface area contributed by atoms with Gasteiger partial charge in [0.25, 0.3) is 0 Å². The molecule has 154 valence electrons. The molecular formula is C25H42O2. The van der Waals surface area contributed by atoms with Gasteiger partial charge in [0.05, 0.1) is 5.41 Å². The molecule has 0 saturated heterocycles. The van der Waals surface area contributed by atoms with Crippen molar-refractivity contribution in [3.8, 4) is 0 Å². The van der Waals surface area contributed by atoms with Gasteiger partial charge in [0.1, 0.15) is 6.10 Å². The molecule has 0 N–H and O–H groups in total. The largest absolute Gasteiger partial charge is 0.462 e. The molecule has 2 heteroatoms. The predicted octanol–water partition coefficient (Wildman–Crippen LogP) is 6.48. The fourth-order valence-corrected chi connectivity index (χ4v) is 8.06. The summed E-state index contributed by atoms with van der Waals surface area (Å²) in [5.74, 6) is 5.18. The minimum absolute atomic E-state index is 0.101. The van der Waals surface area contributed by atoms with Crippen molar-refractivity contribution in [2.75, 3.05) is 0 Å². The molecule has 4 saturated carbocycles. The Kier molecular flexibility index (Phi) is 4.56. The van der Waals surface area contributed by atoms with Crippen molar-refractivity contribution in [3.63, 3.8) is 0 Å². The standard InChI is InChI=1S/C25H42O2/c1-8-15-10-16(9-2)21-18-11-17(20(15)21)12-19(18)27-22(26)25(13-23(3,4)5)14-24(25,6)7/h15-21H,8-14H2,1-7H3. The molecule has 0 amide bonds. The molecule has 0 radical (unpaired) electrons. The highest BCUT2D eigenvalue weighted by molar-refractivity contribution is 5.82. The van der Waals surface area contributed by atoms with Crippen LogP contribution >= 0.6 is 0 Å². The number of ether oxygens (including phenoxy) is 1. The zero-order chi connectivity index (χ0) is 19.8. The molecule has 2 nitrogen and oxygen atoms in total. The second-order valence-electron chi connectivity index (χ2n) is 12.4. The number of esters is 1. The SMILES string of the molecule is CCC1CC(CC)C2C3CC(CC3OC(=O)C3(CC(C)(C)C)CC3(C)C)C12. The maximum Gasteiger partial charge on any atom is 0.312 e. The highest BCUT2D eigenvalue weighted by Gasteiger charge is 2.69. The van der Waals surface area contributed by atoms with Crippen molar-refractivity contribution in [2.24, 2.45) is 51.8 Å². The Morgan fingerprint density at radius 1 is 1.00 bits per heavy atom. The molecule has 0 spiro atoms. The van der Waals surface area contributed by atoms with Crippen molar-refractivity contribution < 1.29 is 9.53 Å². The minimum Gasteiger partial charge on any atom is -0.462 e. The van der Waals surface area contributed by atoms with Gasteiger partial charge in [0.15, 0.2) is 0 Å². The summed E-state index contributed by atoms with van der Waals surface area (Å²) in [5.41, 5.74) is 0.0298. The number of rotatable bonds is 5. The van der Waals surface area contributed by atoms with Gasteiger partial charge < -0.3 is 4.74 Å². The molecule has 0 aromatic rings. The second-order valence-corrected chi connectivity index (χ2v) is 12.4. The van der Waals surface area contributed by atoms with E-state index in [4.69, 9.17) is 4.74 Å². The zero-order valence-corrected chi connectivity index (χ0v) is 18.8. The lowest BCUT2D eigenvalue weighted by molar-refractivity contribution is -0.163. The highest BCUT2D eigenvalue weighted by Crippen LogP contribution is 2.69. The molecule has 0 aliphatic heterocycles. The Labute approximate surface area is 167 Å². The van der Waals surface area contributed by atoms with Crippen LogP contribution in [0.25, 0.3) is 0 Å². The average molecular weight is 375 g/mol. The first-order valence-electron chi connectivity index (χ1n) is 11.7. The van der Waals surface area contributed by atoms with E-state index in [1.54, 1.807) is 0 Å². The smallest absolute Gasteiger partial charge is 0.312 e. The van der Waals surface area contributed by atoms with Crippen LogP contribution in [-0.4, -0.2) is 12.1 Å². The average Bonchev–Trinajstić information content (AvgIpc) is 2.98. The van der Waals surface area contributed by atoms with Crippen molar-refractivity contribution in [2.45, 2.75) is 99.5 Å². The zero-order valence-electron chi connectivity index (χ0n) is 18.8. The van der Waals surface area contributed by atoms with Gasteiger partial charge in [-0.25, -0.2) is 0 Å². The first kappa shape index (κ1) is 19.8. The third-order valence-corrected chi connectivity index (χ3v) is 9.21. The van der Waals surface area contributed by atoms with E-state index in [9.17, 15) is 4.79 Å². The molecular weight excluding hydrogens is 332 g/mol. The molecule has 27 heavy (non-hydrogen) atoms. The molecule has 8 atom stereocenters. The maximum atomic E-state index is 13.4. The van der Waals surface area contributed by atoms with E-state index >= 15 is 0 Å². The van der Waals surface area contributed by atoms with Crippen LogP contribution in [0.3, 0.4) is 0 Å². The van der Waals surface area contributed by atoms with E-state index in [1.807, 2.05) is 0 Å². The van der Waals surface area contributed by atoms with Crippen LogP contribution in [0.5, 0.6) is 0 Å². The van der Waals surface area contributed by atoms with E-state index in [1.165, 1.54) is 25.7 Å². The number of fused-ring (bicyclic) bond motifs is 5. The fourth-order valence-electron chi connectivity index (χ4n) is 8.06. The summed E-state index contributed by atoms with van der Waals surface area (Å²) >= 11 is 0. The molecule has 0 aromatic carbocycles. The molecule has 8 unspecified atom stereocenters. The highest BCUT2D eigenvalue weighted by atomic mass is 16.5. The normalized spacial score (nSPS) is 47.1. The molecule has 0 aromatic heterocycles. The van der Waals surface area contributed by atoms with Gasteiger partial charge >= 0.3 is 5.97 Å². The van der Waals surface area contributed by atoms with Gasteiger partial charge in [0.2, 0.25) is 0 Å². The minimum atomic E-state index is -0.238. The van der Waals surface area contributed by atoms with Crippen molar-refractivity contribution >= 4 is 5.97 Å². The summed E-state index contributed by atoms with van der Waals surface area (Å²) in [4.78, 5) is 13.4. The van der Waals surface area contributed by atoms with Crippen LogP contribution in [0.15, 0.2) is 0 Å². The Hall–Kier alpha value is -0.530. The third-order valence-electron chi connectivity index (χ3n) is 9.21. The van der Waals surface area contributed by atoms with Crippen LogP contribution in [0.1, 0.15) is 93.4 Å². The fraction of sp³-hybridized carbons (Fsp3) is 0.960. The lowest BCUT2D eigenvalue weighted by atomic mass is 9.73. The quantitative estimate of drug-likeness (QED) is 0.515. The number of hydrogen-bond acceptors (Lipinski definition) is 2. The number of carbonyl (C=O) groups is 1. The van der Waals surface area contributed by atoms with Crippen LogP contribution in [0, 0.1) is 51.8 Å². The summed E-state index contributed by atoms with van der Waals surface area (Å²) < 4.78 is 6.39. The molecule has 0 heterocycles. The Bertz CT molecular complexity index is 600. The molecule has 4 aliphatic carbocycles. The van der Waals surface area contributed by atoms with E-state index in [2.05, 4.69) is 48.5 Å². The number of hydrogen-bond donors (Lipinski definition) is 0. The Morgan fingerprint density at radius 2 is 1.59 bits per heavy atom. The van der Waals surface area contributed by atoms with Crippen LogP contribution in [0.2, 0.25) is 0 Å². The van der Waals surface area contributed by atoms with Gasteiger partial charge in [-0.2, -0.15) is 0 Å². The summed E-state index contributed by atoms with van der Waals surface area (Å²) in [6, 6.07) is 0. The maximum absolute atomic E-state index is 13.4. The van der Waals surface area contributed by atoms with Crippen LogP contribution < -0.4 is 0 Å². The topological polar surface area (TPSA) is 26.3 Å². The van der Waals surface area contributed by atoms with Crippen LogP contribution in [0.4, 0.5) is 0 Å². The predicted molar refractivity (Wildman–Crippen MR) is 110 cm³/mol. The summed E-state index contributed by atoms with van der Waals surface area (Å²) in [5, 5.41) is 0. The lowest BCUT2D eigenvalue weighted by Gasteiger charge is -2.37. The van der Waals surface area contributed by atoms with Crippen molar-refractivity contribution in [3.05, 3.63) is 0 Å². The third kappa shape index (κ3) is 2.99. The van der Waals surface area contributed by atoms with Gasteiger partial charge in [0, 0.05) is 0 Å². The molecule has 4 fully saturated rings. The summed E-state index contributed by atoms with van der Waals surface area (Å²) in [6.45, 7) is 16.0. The second kappa shape index (κ2) is 6.23. The summed E-state index contributed by atoms with van der Waals surface area (Å²) in [7, 11) is 0. The van der Waals surface area contributed by atoms with E-state index < -0.39 is 0 Å². The van der Waals surface area contributed by atoms with Crippen molar-refractivity contribution in [1.82, 2.24) is 0 Å². The monoisotopic (exact) mass is 374 g/mol. The molecule has 4 aliphatic rings. The number of carbonyl (C=O) groups excluding carboxylic acids is 1. The van der Waals surface area contributed by atoms with Crippen LogP contribution in [-0.2, 0) is 9.53 Å². The lowest BCUT2D eigenvalue weighted by Crippen LogP contribution is -2.38. The van der Waals surface area contributed by atoms with Gasteiger partial charge in [-0.15, -0.1) is 0 Å². The Balaban J connectivity index is 1.48. The van der Waals surface area contributed by atoms with Gasteiger partial charge in [-0.3, -0.25) is 4.79 Å². The summed E-state index contributed by atoms with van der Waals surface area (Å²) in [6.07, 6.45) is 8.72. The first-order chi connectivity index (χ1) is 12.5. The molecule has 2 bridgehead atoms. The van der Waals surface area contributed by atoms with Gasteiger partial charge in [-0.1, -0.05) is 61.3 Å². The Morgan fingerprint density at radius 3 is 2.11 bits per heavy atom. The molecule has 4 rings (SSSR count). The first-order valence-corrected chi connectivity index (χ1v) is 11.7. The van der Waals surface area contributed by atoms with E-state index in [0.717, 1.165) is 48.9 Å². The van der Waals surface area contributed by atoms with E-state index in [-0.39, 0.29) is 28.3 Å².